The van der Waals surface area contributed by atoms with Crippen molar-refractivity contribution in [3.63, 3.8) is 0 Å². The molecule has 0 aromatic heterocycles. The molecule has 2 nitrogen and oxygen atoms in total. The van der Waals surface area contributed by atoms with Crippen LogP contribution in [0.2, 0.25) is 0 Å². The van der Waals surface area contributed by atoms with Crippen LogP contribution in [0.25, 0.3) is 0 Å². The van der Waals surface area contributed by atoms with E-state index in [2.05, 4.69) is 0 Å². The van der Waals surface area contributed by atoms with Gasteiger partial charge in [0.1, 0.15) is 0 Å². The normalized spacial score (nSPS) is 9.08. The van der Waals surface area contributed by atoms with Crippen molar-refractivity contribution in [1.29, 1.82) is 0 Å². The van der Waals surface area contributed by atoms with Crippen LogP contribution in [0.5, 0.6) is 11.5 Å². The fourth-order valence-corrected chi connectivity index (χ4v) is 1.05. The fourth-order valence-electron chi connectivity index (χ4n) is 1.05. The monoisotopic (exact) mass is 192 g/mol. The Morgan fingerprint density at radius 2 is 1.92 bits per heavy atom. The van der Waals surface area contributed by atoms with E-state index >= 15 is 0 Å². The number of para-hydroxylation sites is 1. The number of benzene rings is 1. The van der Waals surface area contributed by atoms with E-state index in [9.17, 15) is 5.11 Å². The molecule has 62 valence electrons. The topological polar surface area (TPSA) is 40.5 Å². The summed E-state index contributed by atoms with van der Waals surface area (Å²) in [4.78, 5) is 0. The number of aryl methyl sites for hydroxylation is 1. The van der Waals surface area contributed by atoms with Crippen molar-refractivity contribution in [2.24, 2.45) is 0 Å². The van der Waals surface area contributed by atoms with Crippen LogP contribution in [0.3, 0.4) is 0 Å². The van der Waals surface area contributed by atoms with Gasteiger partial charge in [-0.25, -0.2) is 0 Å². The van der Waals surface area contributed by atoms with Crippen molar-refractivity contribution >= 4 is 51.4 Å². The number of hydrogen-bond donors (Lipinski definition) is 2. The zero-order chi connectivity index (χ0) is 8.27. The first kappa shape index (κ1) is 12.5. The van der Waals surface area contributed by atoms with Crippen LogP contribution in [-0.4, -0.2) is 61.6 Å². The van der Waals surface area contributed by atoms with E-state index < -0.39 is 0 Å². The first-order valence-electron chi connectivity index (χ1n) is 3.75. The molecular formula is C9H13KO2. The molecule has 2 N–H and O–H groups in total. The zero-order valence-electron chi connectivity index (χ0n) is 6.54. The minimum atomic E-state index is -0.0315. The van der Waals surface area contributed by atoms with Crippen LogP contribution >= 0.6 is 0 Å². The van der Waals surface area contributed by atoms with Gasteiger partial charge in [-0.05, 0) is 18.1 Å². The fraction of sp³-hybridized carbons (Fsp3) is 0.333. The molecule has 0 unspecified atom stereocenters. The van der Waals surface area contributed by atoms with Crippen LogP contribution in [0.15, 0.2) is 18.2 Å². The molecule has 1 rings (SSSR count). The van der Waals surface area contributed by atoms with Crippen LogP contribution in [0, 0.1) is 0 Å². The minimum absolute atomic E-state index is 0. The Labute approximate surface area is 115 Å². The molecule has 0 saturated carbocycles. The molecule has 0 radical (unpaired) electrons. The van der Waals surface area contributed by atoms with Crippen molar-refractivity contribution < 1.29 is 10.2 Å². The Kier molecular flexibility index (Phi) is 6.22. The number of rotatable bonds is 2. The number of phenols is 2. The molecule has 0 heterocycles. The Morgan fingerprint density at radius 1 is 1.25 bits per heavy atom. The Balaban J connectivity index is 0.00000121. The zero-order valence-corrected chi connectivity index (χ0v) is 6.54. The third-order valence-electron chi connectivity index (χ3n) is 1.62. The average molecular weight is 192 g/mol. The summed E-state index contributed by atoms with van der Waals surface area (Å²) in [6.45, 7) is 2.03. The van der Waals surface area contributed by atoms with Crippen molar-refractivity contribution in [1.82, 2.24) is 0 Å². The molecule has 0 aliphatic carbocycles. The van der Waals surface area contributed by atoms with Crippen molar-refractivity contribution in [2.45, 2.75) is 19.8 Å². The van der Waals surface area contributed by atoms with Gasteiger partial charge in [0.15, 0.2) is 11.5 Å². The van der Waals surface area contributed by atoms with Gasteiger partial charge in [-0.2, -0.15) is 0 Å². The Morgan fingerprint density at radius 3 is 2.50 bits per heavy atom. The van der Waals surface area contributed by atoms with Crippen LogP contribution in [-0.2, 0) is 6.42 Å². The standard InChI is InChI=1S/C9H12O2.K.H/c1-2-4-7-5-3-6-8(10)9(7)11;;/h3,5-6,10-11H,2,4H2,1H3;;. The molecule has 12 heavy (non-hydrogen) atoms. The molecule has 0 fully saturated rings. The molecule has 1 aromatic rings. The Bertz CT molecular complexity index is 248. The van der Waals surface area contributed by atoms with Gasteiger partial charge in [0, 0.05) is 0 Å². The predicted octanol–water partition coefficient (Wildman–Crippen LogP) is 1.40. The summed E-state index contributed by atoms with van der Waals surface area (Å²) in [5, 5.41) is 18.4. The van der Waals surface area contributed by atoms with E-state index in [0.717, 1.165) is 18.4 Å². The maximum atomic E-state index is 9.28. The van der Waals surface area contributed by atoms with Gasteiger partial charge in [-0.15, -0.1) is 0 Å². The van der Waals surface area contributed by atoms with Gasteiger partial charge in [0.2, 0.25) is 0 Å². The summed E-state index contributed by atoms with van der Waals surface area (Å²) < 4.78 is 0. The van der Waals surface area contributed by atoms with Crippen LogP contribution in [0.1, 0.15) is 18.9 Å². The predicted molar refractivity (Wildman–Crippen MR) is 50.9 cm³/mol. The molecule has 0 spiro atoms. The summed E-state index contributed by atoms with van der Waals surface area (Å²) in [7, 11) is 0. The maximum absolute atomic E-state index is 9.28. The summed E-state index contributed by atoms with van der Waals surface area (Å²) in [6.07, 6.45) is 1.78. The molecule has 0 bridgehead atoms. The second-order valence-corrected chi connectivity index (χ2v) is 2.53. The van der Waals surface area contributed by atoms with Gasteiger partial charge in [0.05, 0.1) is 0 Å². The van der Waals surface area contributed by atoms with E-state index in [1.807, 2.05) is 13.0 Å². The Hall–Kier alpha value is 0.456. The molecular weight excluding hydrogens is 179 g/mol. The first-order chi connectivity index (χ1) is 5.25. The van der Waals surface area contributed by atoms with Crippen molar-refractivity contribution in [3.05, 3.63) is 23.8 Å². The van der Waals surface area contributed by atoms with E-state index in [0.29, 0.717) is 0 Å². The van der Waals surface area contributed by atoms with Gasteiger partial charge in [-0.3, -0.25) is 0 Å². The second kappa shape index (κ2) is 5.99. The van der Waals surface area contributed by atoms with Gasteiger partial charge < -0.3 is 10.2 Å². The first-order valence-corrected chi connectivity index (χ1v) is 3.75. The third-order valence-corrected chi connectivity index (χ3v) is 1.62. The second-order valence-electron chi connectivity index (χ2n) is 2.53. The van der Waals surface area contributed by atoms with E-state index in [1.54, 1.807) is 6.07 Å². The third kappa shape index (κ3) is 3.07. The van der Waals surface area contributed by atoms with E-state index in [4.69, 9.17) is 5.11 Å². The molecule has 1 aromatic carbocycles. The SMILES string of the molecule is CCCc1cccc(O)c1O.[KH]. The molecule has 0 aliphatic rings. The summed E-state index contributed by atoms with van der Waals surface area (Å²) >= 11 is 0. The van der Waals surface area contributed by atoms with Crippen molar-refractivity contribution in [3.8, 4) is 11.5 Å². The van der Waals surface area contributed by atoms with Gasteiger partial charge in [0.25, 0.3) is 0 Å². The quantitative estimate of drug-likeness (QED) is 0.549. The van der Waals surface area contributed by atoms with Gasteiger partial charge in [-0.1, -0.05) is 25.5 Å². The van der Waals surface area contributed by atoms with E-state index in [-0.39, 0.29) is 62.9 Å². The number of aromatic hydroxyl groups is 2. The summed E-state index contributed by atoms with van der Waals surface area (Å²) in [6, 6.07) is 5.03. The molecule has 0 atom stereocenters. The molecule has 3 heteroatoms. The average Bonchev–Trinajstić information content (AvgIpc) is 1.99. The van der Waals surface area contributed by atoms with E-state index in [1.165, 1.54) is 6.07 Å². The molecule has 0 amide bonds. The summed E-state index contributed by atoms with van der Waals surface area (Å²) in [5.41, 5.74) is 0.813. The number of phenolic OH excluding ortho intramolecular Hbond substituents is 2. The summed E-state index contributed by atoms with van der Waals surface area (Å²) in [5.74, 6) is -0.00898. The number of hydrogen-bond acceptors (Lipinski definition) is 2. The molecule has 0 saturated heterocycles. The van der Waals surface area contributed by atoms with Crippen LogP contribution in [0.4, 0.5) is 0 Å². The van der Waals surface area contributed by atoms with Crippen LogP contribution < -0.4 is 0 Å². The van der Waals surface area contributed by atoms with Crippen molar-refractivity contribution in [2.75, 3.05) is 0 Å². The molecule has 0 aliphatic heterocycles. The van der Waals surface area contributed by atoms with Gasteiger partial charge >= 0.3 is 51.4 Å².